The highest BCUT2D eigenvalue weighted by Crippen LogP contribution is 2.29. The molecule has 2 heterocycles. The number of rotatable bonds is 6. The van der Waals surface area contributed by atoms with Gasteiger partial charge in [-0.25, -0.2) is 0 Å². The third-order valence-corrected chi connectivity index (χ3v) is 7.32. The van der Waals surface area contributed by atoms with Gasteiger partial charge in [-0.1, -0.05) is 25.7 Å². The lowest BCUT2D eigenvalue weighted by Crippen LogP contribution is -2.51. The summed E-state index contributed by atoms with van der Waals surface area (Å²) in [5.41, 5.74) is 0. The largest absolute Gasteiger partial charge is 0.353 e. The van der Waals surface area contributed by atoms with Gasteiger partial charge < -0.3 is 10.2 Å². The lowest BCUT2D eigenvalue weighted by atomic mass is 9.93. The summed E-state index contributed by atoms with van der Waals surface area (Å²) >= 11 is 0. The Bertz CT molecular complexity index is 520. The van der Waals surface area contributed by atoms with Crippen molar-refractivity contribution in [2.45, 2.75) is 89.1 Å². The van der Waals surface area contributed by atoms with E-state index in [0.717, 1.165) is 83.5 Å². The number of carbonyl (C=O) groups excluding carboxylic acids is 2. The molecule has 5 nitrogen and oxygen atoms in total. The molecule has 1 atom stereocenters. The first kappa shape index (κ1) is 19.2. The third-order valence-electron chi connectivity index (χ3n) is 7.32. The minimum atomic E-state index is 0.172. The molecular formula is C22H37N3O2. The highest BCUT2D eigenvalue weighted by atomic mass is 16.2. The van der Waals surface area contributed by atoms with Crippen LogP contribution in [0.4, 0.5) is 0 Å². The number of carbonyl (C=O) groups is 2. The van der Waals surface area contributed by atoms with E-state index >= 15 is 0 Å². The van der Waals surface area contributed by atoms with Crippen LogP contribution < -0.4 is 5.32 Å². The fraction of sp³-hybridized carbons (Fsp3) is 0.909. The quantitative estimate of drug-likeness (QED) is 0.777. The molecule has 5 heteroatoms. The topological polar surface area (TPSA) is 52.7 Å². The van der Waals surface area contributed by atoms with Crippen molar-refractivity contribution in [1.29, 1.82) is 0 Å². The Hall–Kier alpha value is -1.10. The maximum atomic E-state index is 12.5. The normalized spacial score (nSPS) is 28.4. The molecule has 2 aliphatic heterocycles. The van der Waals surface area contributed by atoms with Crippen molar-refractivity contribution < 1.29 is 9.59 Å². The molecule has 2 aliphatic carbocycles. The summed E-state index contributed by atoms with van der Waals surface area (Å²) in [5.74, 6) is 1.63. The van der Waals surface area contributed by atoms with Gasteiger partial charge in [0.25, 0.3) is 0 Å². The van der Waals surface area contributed by atoms with Crippen LogP contribution in [0.5, 0.6) is 0 Å². The highest BCUT2D eigenvalue weighted by Gasteiger charge is 2.34. The molecule has 0 radical (unpaired) electrons. The Morgan fingerprint density at radius 2 is 1.59 bits per heavy atom. The zero-order valence-corrected chi connectivity index (χ0v) is 16.8. The summed E-state index contributed by atoms with van der Waals surface area (Å²) in [6.45, 7) is 3.85. The van der Waals surface area contributed by atoms with Crippen molar-refractivity contribution in [3.8, 4) is 0 Å². The SMILES string of the molecule is O=C(NC1CC1)[C@@H]1CCCN(C2CCN(C(=O)CCC3CCCC3)CC2)C1. The van der Waals surface area contributed by atoms with Crippen molar-refractivity contribution in [3.05, 3.63) is 0 Å². The van der Waals surface area contributed by atoms with E-state index in [9.17, 15) is 9.59 Å². The second-order valence-electron chi connectivity index (χ2n) is 9.42. The second-order valence-corrected chi connectivity index (χ2v) is 9.42. The van der Waals surface area contributed by atoms with Gasteiger partial charge in [0.15, 0.2) is 0 Å². The molecule has 4 fully saturated rings. The third kappa shape index (κ3) is 5.24. The molecule has 0 aromatic carbocycles. The first-order valence-corrected chi connectivity index (χ1v) is 11.5. The Morgan fingerprint density at radius 3 is 2.30 bits per heavy atom. The maximum Gasteiger partial charge on any atom is 0.224 e. The van der Waals surface area contributed by atoms with Gasteiger partial charge in [-0.15, -0.1) is 0 Å². The van der Waals surface area contributed by atoms with Crippen molar-refractivity contribution in [2.75, 3.05) is 26.2 Å². The molecular weight excluding hydrogens is 338 g/mol. The van der Waals surface area contributed by atoms with E-state index in [1.165, 1.54) is 25.7 Å². The van der Waals surface area contributed by atoms with Crippen LogP contribution in [-0.2, 0) is 9.59 Å². The van der Waals surface area contributed by atoms with Crippen molar-refractivity contribution >= 4 is 11.8 Å². The molecule has 0 unspecified atom stereocenters. The number of hydrogen-bond acceptors (Lipinski definition) is 3. The van der Waals surface area contributed by atoms with Gasteiger partial charge in [0.05, 0.1) is 5.92 Å². The van der Waals surface area contributed by atoms with Crippen LogP contribution in [0, 0.1) is 11.8 Å². The van der Waals surface area contributed by atoms with Crippen LogP contribution in [0.15, 0.2) is 0 Å². The van der Waals surface area contributed by atoms with E-state index in [4.69, 9.17) is 0 Å². The zero-order chi connectivity index (χ0) is 18.6. The van der Waals surface area contributed by atoms with Crippen molar-refractivity contribution in [3.63, 3.8) is 0 Å². The maximum absolute atomic E-state index is 12.5. The molecule has 1 N–H and O–H groups in total. The predicted molar refractivity (Wildman–Crippen MR) is 106 cm³/mol. The van der Waals surface area contributed by atoms with Crippen LogP contribution in [-0.4, -0.2) is 59.9 Å². The van der Waals surface area contributed by atoms with Crippen LogP contribution in [0.25, 0.3) is 0 Å². The average Bonchev–Trinajstić information content (AvgIpc) is 3.37. The summed E-state index contributed by atoms with van der Waals surface area (Å²) in [4.78, 5) is 29.6. The summed E-state index contributed by atoms with van der Waals surface area (Å²) in [6, 6.07) is 1.02. The van der Waals surface area contributed by atoms with Gasteiger partial charge in [-0.05, 0) is 57.4 Å². The van der Waals surface area contributed by atoms with E-state index in [0.29, 0.717) is 18.0 Å². The van der Waals surface area contributed by atoms with Gasteiger partial charge in [0.1, 0.15) is 0 Å². The minimum Gasteiger partial charge on any atom is -0.353 e. The monoisotopic (exact) mass is 375 g/mol. The van der Waals surface area contributed by atoms with Crippen LogP contribution in [0.3, 0.4) is 0 Å². The Labute approximate surface area is 164 Å². The average molecular weight is 376 g/mol. The number of nitrogens with one attached hydrogen (secondary N) is 1. The molecule has 152 valence electrons. The van der Waals surface area contributed by atoms with E-state index < -0.39 is 0 Å². The molecule has 0 aromatic heterocycles. The lowest BCUT2D eigenvalue weighted by Gasteiger charge is -2.42. The Kier molecular flexibility index (Phi) is 6.36. The van der Waals surface area contributed by atoms with Crippen molar-refractivity contribution in [2.24, 2.45) is 11.8 Å². The lowest BCUT2D eigenvalue weighted by molar-refractivity contribution is -0.133. The molecule has 0 spiro atoms. The molecule has 4 aliphatic rings. The van der Waals surface area contributed by atoms with Crippen LogP contribution in [0.2, 0.25) is 0 Å². The minimum absolute atomic E-state index is 0.172. The molecule has 0 aromatic rings. The fourth-order valence-electron chi connectivity index (χ4n) is 5.36. The van der Waals surface area contributed by atoms with Gasteiger partial charge in [0, 0.05) is 38.1 Å². The summed E-state index contributed by atoms with van der Waals surface area (Å²) in [6.07, 6.45) is 13.9. The predicted octanol–water partition coefficient (Wildman–Crippen LogP) is 2.94. The summed E-state index contributed by atoms with van der Waals surface area (Å²) < 4.78 is 0. The Morgan fingerprint density at radius 1 is 0.852 bits per heavy atom. The number of piperidine rings is 2. The highest BCUT2D eigenvalue weighted by molar-refractivity contribution is 5.79. The summed E-state index contributed by atoms with van der Waals surface area (Å²) in [7, 11) is 0. The first-order valence-electron chi connectivity index (χ1n) is 11.5. The number of amides is 2. The van der Waals surface area contributed by atoms with Crippen LogP contribution >= 0.6 is 0 Å². The standard InChI is InChI=1S/C22H37N3O2/c26-21(10-7-17-4-1-2-5-17)24-14-11-20(12-15-24)25-13-3-6-18(16-25)22(27)23-19-8-9-19/h17-20H,1-16H2,(H,23,27)/t18-/m1/s1. The van der Waals surface area contributed by atoms with E-state index in [1.807, 2.05) is 0 Å². The van der Waals surface area contributed by atoms with E-state index in [2.05, 4.69) is 15.1 Å². The fourth-order valence-corrected chi connectivity index (χ4v) is 5.36. The van der Waals surface area contributed by atoms with Gasteiger partial charge >= 0.3 is 0 Å². The number of nitrogens with zero attached hydrogens (tertiary/aromatic N) is 2. The van der Waals surface area contributed by atoms with Gasteiger partial charge in [0.2, 0.25) is 11.8 Å². The molecule has 2 amide bonds. The number of likely N-dealkylation sites (tertiary alicyclic amines) is 2. The molecule has 27 heavy (non-hydrogen) atoms. The molecule has 0 bridgehead atoms. The number of hydrogen-bond donors (Lipinski definition) is 1. The molecule has 2 saturated carbocycles. The summed E-state index contributed by atoms with van der Waals surface area (Å²) in [5, 5.41) is 3.19. The van der Waals surface area contributed by atoms with E-state index in [-0.39, 0.29) is 11.8 Å². The first-order chi connectivity index (χ1) is 13.2. The van der Waals surface area contributed by atoms with Crippen molar-refractivity contribution in [1.82, 2.24) is 15.1 Å². The second kappa shape index (κ2) is 8.93. The van der Waals surface area contributed by atoms with Gasteiger partial charge in [-0.2, -0.15) is 0 Å². The van der Waals surface area contributed by atoms with E-state index in [1.54, 1.807) is 0 Å². The van der Waals surface area contributed by atoms with Crippen LogP contribution in [0.1, 0.15) is 77.0 Å². The molecule has 2 saturated heterocycles. The Balaban J connectivity index is 1.18. The smallest absolute Gasteiger partial charge is 0.224 e. The van der Waals surface area contributed by atoms with Gasteiger partial charge in [-0.3, -0.25) is 14.5 Å². The zero-order valence-electron chi connectivity index (χ0n) is 16.8. The molecule has 4 rings (SSSR count).